The third-order valence-corrected chi connectivity index (χ3v) is 2.53. The van der Waals surface area contributed by atoms with Gasteiger partial charge in [0.05, 0.1) is 0 Å². The summed E-state index contributed by atoms with van der Waals surface area (Å²) in [7, 11) is 0. The maximum atomic E-state index is 10.7. The summed E-state index contributed by atoms with van der Waals surface area (Å²) in [6.45, 7) is 2.23. The van der Waals surface area contributed by atoms with Crippen molar-refractivity contribution in [2.75, 3.05) is 36.8 Å². The maximum Gasteiger partial charge on any atom is 0.407 e. The lowest BCUT2D eigenvalue weighted by Gasteiger charge is -2.33. The SMILES string of the molecule is Nc1nccc(N2CCN(C(=O)O)CC2)n1. The summed E-state index contributed by atoms with van der Waals surface area (Å²) in [6.07, 6.45) is 0.725. The molecule has 2 heterocycles. The van der Waals surface area contributed by atoms with Crippen LogP contribution in [0.2, 0.25) is 0 Å². The molecule has 1 fully saturated rings. The summed E-state index contributed by atoms with van der Waals surface area (Å²) in [6, 6.07) is 1.77. The molecule has 1 aliphatic rings. The number of hydrogen-bond acceptors (Lipinski definition) is 5. The van der Waals surface area contributed by atoms with Gasteiger partial charge < -0.3 is 20.6 Å². The van der Waals surface area contributed by atoms with E-state index in [4.69, 9.17) is 10.8 Å². The number of anilines is 2. The first-order chi connectivity index (χ1) is 7.66. The molecule has 1 aliphatic heterocycles. The van der Waals surface area contributed by atoms with E-state index in [1.165, 1.54) is 4.90 Å². The van der Waals surface area contributed by atoms with E-state index in [0.29, 0.717) is 26.2 Å². The quantitative estimate of drug-likeness (QED) is 0.688. The van der Waals surface area contributed by atoms with E-state index in [0.717, 1.165) is 5.82 Å². The molecule has 7 nitrogen and oxygen atoms in total. The number of nitrogen functional groups attached to an aromatic ring is 1. The number of amides is 1. The van der Waals surface area contributed by atoms with Crippen molar-refractivity contribution < 1.29 is 9.90 Å². The van der Waals surface area contributed by atoms with Crippen molar-refractivity contribution in [3.05, 3.63) is 12.3 Å². The van der Waals surface area contributed by atoms with Crippen molar-refractivity contribution in [1.82, 2.24) is 14.9 Å². The Bertz CT molecular complexity index is 389. The van der Waals surface area contributed by atoms with Crippen LogP contribution in [0.4, 0.5) is 16.6 Å². The minimum Gasteiger partial charge on any atom is -0.465 e. The first-order valence-electron chi connectivity index (χ1n) is 4.98. The second-order valence-corrected chi connectivity index (χ2v) is 3.53. The predicted octanol–water partition coefficient (Wildman–Crippen LogP) is -0.141. The fraction of sp³-hybridized carbons (Fsp3) is 0.444. The molecule has 0 atom stereocenters. The van der Waals surface area contributed by atoms with Gasteiger partial charge in [-0.05, 0) is 6.07 Å². The molecular weight excluding hydrogens is 210 g/mol. The summed E-state index contributed by atoms with van der Waals surface area (Å²) < 4.78 is 0. The standard InChI is InChI=1S/C9H13N5O2/c10-8-11-2-1-7(12-8)13-3-5-14(6-4-13)9(15)16/h1-2H,3-6H2,(H,15,16)(H2,10,11,12). The van der Waals surface area contributed by atoms with E-state index in [1.807, 2.05) is 4.90 Å². The molecule has 1 aromatic heterocycles. The van der Waals surface area contributed by atoms with Gasteiger partial charge in [0.15, 0.2) is 0 Å². The molecule has 1 saturated heterocycles. The van der Waals surface area contributed by atoms with Crippen LogP contribution in [0, 0.1) is 0 Å². The van der Waals surface area contributed by atoms with Crippen LogP contribution in [0.1, 0.15) is 0 Å². The van der Waals surface area contributed by atoms with Crippen molar-refractivity contribution >= 4 is 17.9 Å². The molecule has 0 aliphatic carbocycles. The van der Waals surface area contributed by atoms with E-state index in [2.05, 4.69) is 9.97 Å². The molecule has 1 aromatic rings. The lowest BCUT2D eigenvalue weighted by molar-refractivity contribution is 0.142. The summed E-state index contributed by atoms with van der Waals surface area (Å²) in [5.74, 6) is 0.982. The van der Waals surface area contributed by atoms with Gasteiger partial charge >= 0.3 is 6.09 Å². The number of hydrogen-bond donors (Lipinski definition) is 2. The van der Waals surface area contributed by atoms with Crippen LogP contribution in [0.5, 0.6) is 0 Å². The molecule has 7 heteroatoms. The van der Waals surface area contributed by atoms with Gasteiger partial charge in [0.1, 0.15) is 5.82 Å². The summed E-state index contributed by atoms with van der Waals surface area (Å²) in [4.78, 5) is 22.0. The third-order valence-electron chi connectivity index (χ3n) is 2.53. The zero-order valence-corrected chi connectivity index (χ0v) is 8.70. The summed E-state index contributed by atoms with van der Waals surface area (Å²) >= 11 is 0. The number of rotatable bonds is 1. The Kier molecular flexibility index (Phi) is 2.76. The average molecular weight is 223 g/mol. The second-order valence-electron chi connectivity index (χ2n) is 3.53. The van der Waals surface area contributed by atoms with Gasteiger partial charge in [-0.2, -0.15) is 4.98 Å². The Morgan fingerprint density at radius 1 is 1.38 bits per heavy atom. The van der Waals surface area contributed by atoms with Crippen LogP contribution < -0.4 is 10.6 Å². The molecule has 16 heavy (non-hydrogen) atoms. The van der Waals surface area contributed by atoms with Crippen molar-refractivity contribution in [1.29, 1.82) is 0 Å². The smallest absolute Gasteiger partial charge is 0.407 e. The number of carboxylic acid groups (broad SMARTS) is 1. The minimum absolute atomic E-state index is 0.234. The first kappa shape index (κ1) is 10.5. The second kappa shape index (κ2) is 4.21. The Morgan fingerprint density at radius 3 is 2.62 bits per heavy atom. The van der Waals surface area contributed by atoms with Crippen LogP contribution in [0.25, 0.3) is 0 Å². The number of piperazine rings is 1. The third kappa shape index (κ3) is 2.13. The first-order valence-corrected chi connectivity index (χ1v) is 4.98. The van der Waals surface area contributed by atoms with Crippen LogP contribution in [-0.4, -0.2) is 52.2 Å². The molecule has 3 N–H and O–H groups in total. The molecule has 0 bridgehead atoms. The summed E-state index contributed by atoms with van der Waals surface area (Å²) in [5, 5.41) is 8.80. The highest BCUT2D eigenvalue weighted by atomic mass is 16.4. The molecule has 0 radical (unpaired) electrons. The molecule has 0 spiro atoms. The van der Waals surface area contributed by atoms with Crippen molar-refractivity contribution in [2.45, 2.75) is 0 Å². The number of aromatic nitrogens is 2. The largest absolute Gasteiger partial charge is 0.465 e. The van der Waals surface area contributed by atoms with E-state index in [9.17, 15) is 4.79 Å². The van der Waals surface area contributed by atoms with Crippen LogP contribution in [0.15, 0.2) is 12.3 Å². The summed E-state index contributed by atoms with van der Waals surface area (Å²) in [5.41, 5.74) is 5.49. The van der Waals surface area contributed by atoms with Crippen LogP contribution >= 0.6 is 0 Å². The Labute approximate surface area is 92.5 Å². The fourth-order valence-corrected chi connectivity index (χ4v) is 1.67. The predicted molar refractivity (Wildman–Crippen MR) is 58.3 cm³/mol. The van der Waals surface area contributed by atoms with Gasteiger partial charge in [-0.15, -0.1) is 0 Å². The zero-order valence-electron chi connectivity index (χ0n) is 8.70. The molecule has 0 saturated carbocycles. The van der Waals surface area contributed by atoms with E-state index in [1.54, 1.807) is 12.3 Å². The average Bonchev–Trinajstić information content (AvgIpc) is 2.29. The lowest BCUT2D eigenvalue weighted by Crippen LogP contribution is -2.48. The highest BCUT2D eigenvalue weighted by Gasteiger charge is 2.21. The Balaban J connectivity index is 2.01. The minimum atomic E-state index is -0.873. The van der Waals surface area contributed by atoms with E-state index >= 15 is 0 Å². The van der Waals surface area contributed by atoms with Crippen molar-refractivity contribution in [3.63, 3.8) is 0 Å². The van der Waals surface area contributed by atoms with Crippen molar-refractivity contribution in [3.8, 4) is 0 Å². The maximum absolute atomic E-state index is 10.7. The van der Waals surface area contributed by atoms with Gasteiger partial charge in [-0.1, -0.05) is 0 Å². The fourth-order valence-electron chi connectivity index (χ4n) is 1.67. The molecular formula is C9H13N5O2. The number of nitrogens with zero attached hydrogens (tertiary/aromatic N) is 4. The Morgan fingerprint density at radius 2 is 2.06 bits per heavy atom. The molecule has 2 rings (SSSR count). The van der Waals surface area contributed by atoms with Gasteiger partial charge in [-0.3, -0.25) is 0 Å². The van der Waals surface area contributed by atoms with E-state index in [-0.39, 0.29) is 5.95 Å². The number of nitrogens with two attached hydrogens (primary N) is 1. The van der Waals surface area contributed by atoms with Crippen LogP contribution in [0.3, 0.4) is 0 Å². The lowest BCUT2D eigenvalue weighted by atomic mass is 10.3. The Hall–Kier alpha value is -2.05. The highest BCUT2D eigenvalue weighted by Crippen LogP contribution is 2.13. The number of carbonyl (C=O) groups is 1. The molecule has 0 aromatic carbocycles. The van der Waals surface area contributed by atoms with Gasteiger partial charge in [-0.25, -0.2) is 9.78 Å². The normalized spacial score (nSPS) is 16.2. The van der Waals surface area contributed by atoms with Gasteiger partial charge in [0, 0.05) is 32.4 Å². The van der Waals surface area contributed by atoms with Crippen molar-refractivity contribution in [2.24, 2.45) is 0 Å². The van der Waals surface area contributed by atoms with Gasteiger partial charge in [0.25, 0.3) is 0 Å². The van der Waals surface area contributed by atoms with E-state index < -0.39 is 6.09 Å². The highest BCUT2D eigenvalue weighted by molar-refractivity contribution is 5.65. The van der Waals surface area contributed by atoms with Crippen LogP contribution in [-0.2, 0) is 0 Å². The topological polar surface area (TPSA) is 95.6 Å². The zero-order chi connectivity index (χ0) is 11.5. The molecule has 86 valence electrons. The molecule has 0 unspecified atom stereocenters. The van der Waals surface area contributed by atoms with Gasteiger partial charge in [0.2, 0.25) is 5.95 Å². The monoisotopic (exact) mass is 223 g/mol. The molecule has 1 amide bonds.